The molecule has 0 aromatic heterocycles. The van der Waals surface area contributed by atoms with Crippen LogP contribution >= 0.6 is 0 Å². The highest BCUT2D eigenvalue weighted by Crippen LogP contribution is 2.28. The van der Waals surface area contributed by atoms with Gasteiger partial charge in [-0.3, -0.25) is 20.3 Å². The molecule has 0 aliphatic carbocycles. The van der Waals surface area contributed by atoms with Gasteiger partial charge in [-0.2, -0.15) is 0 Å². The molecule has 21 heavy (non-hydrogen) atoms. The van der Waals surface area contributed by atoms with E-state index in [-0.39, 0.29) is 18.8 Å². The molecule has 2 unspecified atom stereocenters. The topological polar surface area (TPSA) is 160 Å². The summed E-state index contributed by atoms with van der Waals surface area (Å²) in [5, 5.41) is 37.1. The molecule has 0 saturated carbocycles. The Morgan fingerprint density at radius 2 is 2.10 bits per heavy atom. The Morgan fingerprint density at radius 3 is 2.62 bits per heavy atom. The van der Waals surface area contributed by atoms with E-state index in [1.807, 2.05) is 0 Å². The summed E-state index contributed by atoms with van der Waals surface area (Å²) in [5.74, 6) is -2.27. The van der Waals surface area contributed by atoms with Gasteiger partial charge >= 0.3 is 13.1 Å². The van der Waals surface area contributed by atoms with Crippen molar-refractivity contribution in [1.82, 2.24) is 10.2 Å². The number of carbonyl (C=O) groups excluding carboxylic acids is 1. The Kier molecular flexibility index (Phi) is 6.60. The zero-order valence-electron chi connectivity index (χ0n) is 11.7. The van der Waals surface area contributed by atoms with E-state index in [0.29, 0.717) is 25.8 Å². The first kappa shape index (κ1) is 17.4. The van der Waals surface area contributed by atoms with Gasteiger partial charge in [-0.1, -0.05) is 6.42 Å². The van der Waals surface area contributed by atoms with E-state index < -0.39 is 31.0 Å². The summed E-state index contributed by atoms with van der Waals surface area (Å²) in [4.78, 5) is 24.0. The number of amides is 1. The Balaban J connectivity index is 2.69. The Bertz CT molecular complexity index is 406. The van der Waals surface area contributed by atoms with Crippen LogP contribution in [0.2, 0.25) is 6.32 Å². The molecule has 1 saturated heterocycles. The summed E-state index contributed by atoms with van der Waals surface area (Å²) < 4.78 is 0. The van der Waals surface area contributed by atoms with Gasteiger partial charge in [-0.15, -0.1) is 0 Å². The molecule has 1 heterocycles. The number of carboxylic acids is 1. The molecular formula is C11H21BN4O5. The zero-order chi connectivity index (χ0) is 16.0. The minimum atomic E-state index is -1.43. The van der Waals surface area contributed by atoms with Crippen LogP contribution in [-0.2, 0) is 9.59 Å². The second-order valence-corrected chi connectivity index (χ2v) is 5.01. The molecule has 1 rings (SSSR count). The van der Waals surface area contributed by atoms with Crippen LogP contribution in [0.1, 0.15) is 19.3 Å². The van der Waals surface area contributed by atoms with E-state index in [0.717, 1.165) is 0 Å². The summed E-state index contributed by atoms with van der Waals surface area (Å²) in [6.07, 6.45) is 1.33. The van der Waals surface area contributed by atoms with Crippen molar-refractivity contribution in [3.8, 4) is 0 Å². The van der Waals surface area contributed by atoms with E-state index in [1.165, 1.54) is 4.90 Å². The van der Waals surface area contributed by atoms with E-state index in [2.05, 4.69) is 5.32 Å². The third kappa shape index (κ3) is 4.99. The van der Waals surface area contributed by atoms with E-state index in [9.17, 15) is 14.7 Å². The molecule has 0 radical (unpaired) electrons. The standard InChI is InChI=1S/C11H21BN4O5/c13-6-9(17)15-11(14)16-5-3-7(10(18)19)8(16)2-1-4-12(20)21/h7-8,20-21H,1-6,13H2,(H,18,19)(H2,14,15,17). The maximum absolute atomic E-state index is 11.3. The van der Waals surface area contributed by atoms with Crippen molar-refractivity contribution in [3.63, 3.8) is 0 Å². The van der Waals surface area contributed by atoms with Crippen molar-refractivity contribution in [2.24, 2.45) is 11.7 Å². The first-order valence-corrected chi connectivity index (χ1v) is 6.80. The largest absolute Gasteiger partial charge is 0.481 e. The molecule has 10 heteroatoms. The van der Waals surface area contributed by atoms with Crippen LogP contribution in [0.25, 0.3) is 0 Å². The number of nitrogens with zero attached hydrogens (tertiary/aromatic N) is 1. The summed E-state index contributed by atoms with van der Waals surface area (Å²) in [6.45, 7) is 0.104. The first-order valence-electron chi connectivity index (χ1n) is 6.80. The summed E-state index contributed by atoms with van der Waals surface area (Å²) in [5.41, 5.74) is 5.17. The van der Waals surface area contributed by atoms with Crippen LogP contribution in [0.4, 0.5) is 0 Å². The van der Waals surface area contributed by atoms with Crippen molar-refractivity contribution in [1.29, 1.82) is 5.41 Å². The molecule has 9 nitrogen and oxygen atoms in total. The summed E-state index contributed by atoms with van der Waals surface area (Å²) >= 11 is 0. The quantitative estimate of drug-likeness (QED) is 0.188. The lowest BCUT2D eigenvalue weighted by atomic mass is 9.82. The molecule has 0 aromatic carbocycles. The van der Waals surface area contributed by atoms with Crippen LogP contribution in [0.15, 0.2) is 0 Å². The third-order valence-electron chi connectivity index (χ3n) is 3.56. The number of rotatable bonds is 6. The number of guanidine groups is 1. The molecule has 0 spiro atoms. The van der Waals surface area contributed by atoms with Gasteiger partial charge in [0.15, 0.2) is 5.96 Å². The number of carbonyl (C=O) groups is 2. The number of nitrogens with two attached hydrogens (primary N) is 1. The Labute approximate surface area is 122 Å². The number of likely N-dealkylation sites (tertiary alicyclic amines) is 1. The minimum absolute atomic E-state index is 0.138. The van der Waals surface area contributed by atoms with Gasteiger partial charge < -0.3 is 25.8 Å². The van der Waals surface area contributed by atoms with Gasteiger partial charge in [0.1, 0.15) is 0 Å². The Morgan fingerprint density at radius 1 is 1.43 bits per heavy atom. The molecule has 118 valence electrons. The summed E-state index contributed by atoms with van der Waals surface area (Å²) in [6, 6.07) is -0.452. The fourth-order valence-electron chi connectivity index (χ4n) is 2.54. The molecular weight excluding hydrogens is 279 g/mol. The normalized spacial score (nSPS) is 21.2. The number of carboxylic acid groups (broad SMARTS) is 1. The number of hydrogen-bond acceptors (Lipinski definition) is 6. The van der Waals surface area contributed by atoms with Crippen molar-refractivity contribution < 1.29 is 24.7 Å². The average molecular weight is 300 g/mol. The summed E-state index contributed by atoms with van der Waals surface area (Å²) in [7, 11) is -1.43. The van der Waals surface area contributed by atoms with Gasteiger partial charge in [0.05, 0.1) is 12.5 Å². The lowest BCUT2D eigenvalue weighted by Gasteiger charge is -2.28. The molecule has 1 aliphatic heterocycles. The van der Waals surface area contributed by atoms with Crippen LogP contribution in [-0.4, -0.2) is 64.1 Å². The maximum Gasteiger partial charge on any atom is 0.451 e. The van der Waals surface area contributed by atoms with Crippen molar-refractivity contribution in [2.45, 2.75) is 31.6 Å². The molecule has 1 aliphatic rings. The molecule has 2 atom stereocenters. The monoisotopic (exact) mass is 300 g/mol. The number of aliphatic carboxylic acids is 1. The van der Waals surface area contributed by atoms with Crippen molar-refractivity contribution in [2.75, 3.05) is 13.1 Å². The third-order valence-corrected chi connectivity index (χ3v) is 3.56. The predicted molar refractivity (Wildman–Crippen MR) is 75.4 cm³/mol. The fourth-order valence-corrected chi connectivity index (χ4v) is 2.54. The lowest BCUT2D eigenvalue weighted by molar-refractivity contribution is -0.142. The van der Waals surface area contributed by atoms with Gasteiger partial charge in [-0.25, -0.2) is 0 Å². The Hall–Kier alpha value is -1.65. The minimum Gasteiger partial charge on any atom is -0.481 e. The molecule has 1 fully saturated rings. The van der Waals surface area contributed by atoms with Crippen LogP contribution in [0, 0.1) is 11.3 Å². The highest BCUT2D eigenvalue weighted by atomic mass is 16.4. The van der Waals surface area contributed by atoms with Gasteiger partial charge in [0, 0.05) is 12.6 Å². The van der Waals surface area contributed by atoms with E-state index in [1.54, 1.807) is 0 Å². The predicted octanol–water partition coefficient (Wildman–Crippen LogP) is -1.98. The smallest absolute Gasteiger partial charge is 0.451 e. The first-order chi connectivity index (χ1) is 9.86. The number of nitrogens with one attached hydrogen (secondary N) is 2. The van der Waals surface area contributed by atoms with Gasteiger partial charge in [0.2, 0.25) is 5.91 Å². The average Bonchev–Trinajstić information content (AvgIpc) is 2.82. The van der Waals surface area contributed by atoms with Crippen LogP contribution < -0.4 is 11.1 Å². The van der Waals surface area contributed by atoms with Gasteiger partial charge in [0.25, 0.3) is 0 Å². The SMILES string of the molecule is N=C(NC(=O)CN)N1CCC(C(=O)O)C1CCCB(O)O. The molecule has 0 bridgehead atoms. The molecule has 0 aromatic rings. The highest BCUT2D eigenvalue weighted by Gasteiger charge is 2.39. The van der Waals surface area contributed by atoms with Crippen LogP contribution in [0.3, 0.4) is 0 Å². The number of hydrogen-bond donors (Lipinski definition) is 6. The van der Waals surface area contributed by atoms with Crippen molar-refractivity contribution >= 4 is 25.0 Å². The van der Waals surface area contributed by atoms with Crippen LogP contribution in [0.5, 0.6) is 0 Å². The molecule has 1 amide bonds. The fraction of sp³-hybridized carbons (Fsp3) is 0.727. The zero-order valence-corrected chi connectivity index (χ0v) is 11.7. The lowest BCUT2D eigenvalue weighted by Crippen LogP contribution is -2.49. The maximum atomic E-state index is 11.3. The van der Waals surface area contributed by atoms with E-state index >= 15 is 0 Å². The highest BCUT2D eigenvalue weighted by molar-refractivity contribution is 6.40. The van der Waals surface area contributed by atoms with Gasteiger partial charge in [-0.05, 0) is 19.2 Å². The van der Waals surface area contributed by atoms with Crippen molar-refractivity contribution in [3.05, 3.63) is 0 Å². The van der Waals surface area contributed by atoms with E-state index in [4.69, 9.17) is 21.2 Å². The molecule has 7 N–H and O–H groups in total. The second kappa shape index (κ2) is 7.96. The second-order valence-electron chi connectivity index (χ2n) is 5.01.